The zero-order valence-electron chi connectivity index (χ0n) is 21.2. The average Bonchev–Trinajstić information content (AvgIpc) is 3.08. The molecule has 1 saturated heterocycles. The van der Waals surface area contributed by atoms with E-state index in [4.69, 9.17) is 4.74 Å². The number of likely N-dealkylation sites (tertiary alicyclic amines) is 1. The van der Waals surface area contributed by atoms with E-state index in [1.54, 1.807) is 24.1 Å². The lowest BCUT2D eigenvalue weighted by Crippen LogP contribution is -2.30. The summed E-state index contributed by atoms with van der Waals surface area (Å²) in [4.78, 5) is 27.9. The normalized spacial score (nSPS) is 17.8. The van der Waals surface area contributed by atoms with Crippen molar-refractivity contribution in [3.8, 4) is 5.75 Å². The molecule has 0 aromatic heterocycles. The second kappa shape index (κ2) is 10.9. The fourth-order valence-electron chi connectivity index (χ4n) is 4.54. The van der Waals surface area contributed by atoms with E-state index in [9.17, 15) is 14.7 Å². The maximum atomic E-state index is 13.2. The number of aliphatic hydroxyl groups is 1. The number of Topliss-reactive ketones (excluding diaryl/α,β-unsaturated/α-hetero) is 1. The maximum absolute atomic E-state index is 13.2. The molecule has 0 radical (unpaired) electrons. The molecule has 1 amide bonds. The van der Waals surface area contributed by atoms with Crippen LogP contribution >= 0.6 is 0 Å². The van der Waals surface area contributed by atoms with Gasteiger partial charge in [0.15, 0.2) is 0 Å². The summed E-state index contributed by atoms with van der Waals surface area (Å²) in [5.74, 6) is -0.0505. The highest BCUT2D eigenvalue weighted by Gasteiger charge is 2.45. The third kappa shape index (κ3) is 5.03. The minimum absolute atomic E-state index is 0.140. The summed E-state index contributed by atoms with van der Waals surface area (Å²) in [5, 5.41) is 11.4. The Kier molecular flexibility index (Phi) is 8.19. The summed E-state index contributed by atoms with van der Waals surface area (Å²) in [7, 11) is 1.61. The Morgan fingerprint density at radius 3 is 2.24 bits per heavy atom. The third-order valence-corrected chi connectivity index (χ3v) is 6.59. The molecule has 1 heterocycles. The molecule has 5 heteroatoms. The number of amides is 1. The van der Waals surface area contributed by atoms with E-state index in [0.29, 0.717) is 18.0 Å². The van der Waals surface area contributed by atoms with Gasteiger partial charge in [0.25, 0.3) is 11.7 Å². The molecule has 1 unspecified atom stereocenters. The predicted octanol–water partition coefficient (Wildman–Crippen LogP) is 6.55. The quantitative estimate of drug-likeness (QED) is 0.198. The molecular formula is C29H37NO4. The number of carbonyl (C=O) groups excluding carboxylic acids is 2. The van der Waals surface area contributed by atoms with Crippen LogP contribution in [-0.4, -0.2) is 35.4 Å². The van der Waals surface area contributed by atoms with Crippen molar-refractivity contribution in [2.75, 3.05) is 13.7 Å². The van der Waals surface area contributed by atoms with Crippen LogP contribution in [-0.2, 0) is 9.59 Å². The molecule has 1 N–H and O–H groups in total. The number of nitrogens with zero attached hydrogens (tertiary/aromatic N) is 1. The largest absolute Gasteiger partial charge is 0.507 e. The number of carbonyl (C=O) groups is 2. The van der Waals surface area contributed by atoms with Crippen molar-refractivity contribution in [1.82, 2.24) is 4.90 Å². The second-order valence-corrected chi connectivity index (χ2v) is 9.63. The average molecular weight is 464 g/mol. The molecule has 0 saturated carbocycles. The molecule has 1 fully saturated rings. The Labute approximate surface area is 203 Å². The lowest BCUT2D eigenvalue weighted by Gasteiger charge is -2.26. The number of hydrogen-bond donors (Lipinski definition) is 1. The van der Waals surface area contributed by atoms with Crippen molar-refractivity contribution < 1.29 is 19.4 Å². The van der Waals surface area contributed by atoms with E-state index in [0.717, 1.165) is 36.1 Å². The second-order valence-electron chi connectivity index (χ2n) is 9.63. The minimum Gasteiger partial charge on any atom is -0.507 e. The van der Waals surface area contributed by atoms with Gasteiger partial charge in [0, 0.05) is 12.1 Å². The van der Waals surface area contributed by atoms with Gasteiger partial charge in [-0.15, -0.1) is 0 Å². The molecule has 0 aliphatic carbocycles. The SMILES string of the molecule is CCCCCN1C(=O)C(=O)/C(=C(\O)c2ccc(OC)c(C(C)C)c2)C1c1ccc(C(C)C)cc1. The number of benzene rings is 2. The van der Waals surface area contributed by atoms with Crippen LogP contribution in [0.4, 0.5) is 0 Å². The monoisotopic (exact) mass is 463 g/mol. The molecule has 1 aliphatic rings. The van der Waals surface area contributed by atoms with Gasteiger partial charge in [-0.2, -0.15) is 0 Å². The Balaban J connectivity index is 2.15. The predicted molar refractivity (Wildman–Crippen MR) is 136 cm³/mol. The van der Waals surface area contributed by atoms with E-state index in [1.807, 2.05) is 44.2 Å². The fourth-order valence-corrected chi connectivity index (χ4v) is 4.54. The molecular weight excluding hydrogens is 426 g/mol. The number of ketones is 1. The first-order valence-corrected chi connectivity index (χ1v) is 12.3. The Morgan fingerprint density at radius 2 is 1.68 bits per heavy atom. The molecule has 1 atom stereocenters. The highest BCUT2D eigenvalue weighted by molar-refractivity contribution is 6.46. The Hall–Kier alpha value is -3.08. The molecule has 3 rings (SSSR count). The number of ether oxygens (including phenoxy) is 1. The minimum atomic E-state index is -0.631. The summed E-state index contributed by atoms with van der Waals surface area (Å²) in [6, 6.07) is 12.8. The van der Waals surface area contributed by atoms with Crippen LogP contribution in [0.25, 0.3) is 5.76 Å². The van der Waals surface area contributed by atoms with Gasteiger partial charge >= 0.3 is 0 Å². The van der Waals surface area contributed by atoms with Gasteiger partial charge in [-0.1, -0.05) is 71.7 Å². The van der Waals surface area contributed by atoms with Crippen molar-refractivity contribution >= 4 is 17.4 Å². The number of hydrogen-bond acceptors (Lipinski definition) is 4. The number of aliphatic hydroxyl groups excluding tert-OH is 1. The summed E-state index contributed by atoms with van der Waals surface area (Å²) in [5.41, 5.74) is 3.61. The molecule has 2 aromatic carbocycles. The van der Waals surface area contributed by atoms with Gasteiger partial charge in [-0.25, -0.2) is 0 Å². The molecule has 182 valence electrons. The summed E-state index contributed by atoms with van der Waals surface area (Å²) < 4.78 is 5.47. The van der Waals surface area contributed by atoms with Crippen LogP contribution in [0.15, 0.2) is 48.0 Å². The van der Waals surface area contributed by atoms with E-state index in [2.05, 4.69) is 20.8 Å². The van der Waals surface area contributed by atoms with E-state index in [-0.39, 0.29) is 17.3 Å². The van der Waals surface area contributed by atoms with Crippen molar-refractivity contribution in [3.63, 3.8) is 0 Å². The van der Waals surface area contributed by atoms with Gasteiger partial charge in [-0.05, 0) is 53.1 Å². The number of rotatable bonds is 9. The van der Waals surface area contributed by atoms with Crippen LogP contribution < -0.4 is 4.74 Å². The molecule has 0 bridgehead atoms. The van der Waals surface area contributed by atoms with Crippen LogP contribution in [0, 0.1) is 0 Å². The first kappa shape index (κ1) is 25.5. The lowest BCUT2D eigenvalue weighted by atomic mass is 9.92. The van der Waals surface area contributed by atoms with E-state index >= 15 is 0 Å². The maximum Gasteiger partial charge on any atom is 0.295 e. The van der Waals surface area contributed by atoms with Gasteiger partial charge in [0.1, 0.15) is 11.5 Å². The van der Waals surface area contributed by atoms with Crippen molar-refractivity contribution in [3.05, 3.63) is 70.3 Å². The zero-order valence-corrected chi connectivity index (χ0v) is 21.2. The Morgan fingerprint density at radius 1 is 1.00 bits per heavy atom. The van der Waals surface area contributed by atoms with Gasteiger partial charge in [0.2, 0.25) is 0 Å². The number of unbranched alkanes of at least 4 members (excludes halogenated alkanes) is 2. The topological polar surface area (TPSA) is 66.8 Å². The van der Waals surface area contributed by atoms with Gasteiger partial charge in [0.05, 0.1) is 18.7 Å². The molecule has 2 aromatic rings. The summed E-state index contributed by atoms with van der Waals surface area (Å²) in [6.45, 7) is 10.9. The van der Waals surface area contributed by atoms with Crippen LogP contribution in [0.1, 0.15) is 94.0 Å². The summed E-state index contributed by atoms with van der Waals surface area (Å²) >= 11 is 0. The first-order valence-electron chi connectivity index (χ1n) is 12.3. The van der Waals surface area contributed by atoms with E-state index in [1.165, 1.54) is 5.56 Å². The molecule has 1 aliphatic heterocycles. The molecule has 5 nitrogen and oxygen atoms in total. The van der Waals surface area contributed by atoms with Crippen LogP contribution in [0.2, 0.25) is 0 Å². The van der Waals surface area contributed by atoms with Crippen molar-refractivity contribution in [1.29, 1.82) is 0 Å². The van der Waals surface area contributed by atoms with Crippen molar-refractivity contribution in [2.45, 2.75) is 71.8 Å². The number of methoxy groups -OCH3 is 1. The van der Waals surface area contributed by atoms with E-state index < -0.39 is 17.7 Å². The van der Waals surface area contributed by atoms with Crippen LogP contribution in [0.5, 0.6) is 5.75 Å². The standard InChI is InChI=1S/C29H37NO4/c1-7-8-9-16-30-26(21-12-10-20(11-13-21)18(2)3)25(28(32)29(30)33)27(31)22-14-15-24(34-6)23(17-22)19(4)5/h10-15,17-19,26,31H,7-9,16H2,1-6H3/b27-25-. The van der Waals surface area contributed by atoms with Gasteiger partial charge < -0.3 is 14.7 Å². The lowest BCUT2D eigenvalue weighted by molar-refractivity contribution is -0.139. The third-order valence-electron chi connectivity index (χ3n) is 6.59. The highest BCUT2D eigenvalue weighted by atomic mass is 16.5. The van der Waals surface area contributed by atoms with Gasteiger partial charge in [-0.3, -0.25) is 9.59 Å². The molecule has 34 heavy (non-hydrogen) atoms. The summed E-state index contributed by atoms with van der Waals surface area (Å²) in [6.07, 6.45) is 2.80. The first-order chi connectivity index (χ1) is 16.2. The zero-order chi connectivity index (χ0) is 25.0. The van der Waals surface area contributed by atoms with Crippen molar-refractivity contribution in [2.24, 2.45) is 0 Å². The fraction of sp³-hybridized carbons (Fsp3) is 0.448. The molecule has 0 spiro atoms. The smallest absolute Gasteiger partial charge is 0.295 e. The van der Waals surface area contributed by atoms with Crippen LogP contribution in [0.3, 0.4) is 0 Å². The highest BCUT2D eigenvalue weighted by Crippen LogP contribution is 2.41. The Bertz CT molecular complexity index is 1070.